The predicted molar refractivity (Wildman–Crippen MR) is 136 cm³/mol. The van der Waals surface area contributed by atoms with E-state index in [9.17, 15) is 18.0 Å². The van der Waals surface area contributed by atoms with E-state index in [1.807, 2.05) is 30.3 Å². The molecule has 2 N–H and O–H groups in total. The van der Waals surface area contributed by atoms with Crippen molar-refractivity contribution in [2.75, 3.05) is 13.4 Å². The normalized spacial score (nSPS) is 12.3. The maximum atomic E-state index is 13.5. The Morgan fingerprint density at radius 3 is 2.36 bits per heavy atom. The molecule has 4 rings (SSSR count). The van der Waals surface area contributed by atoms with Gasteiger partial charge in [0.15, 0.2) is 9.84 Å². The molecule has 0 radical (unpaired) electrons. The molecule has 0 aliphatic carbocycles. The van der Waals surface area contributed by atoms with Crippen LogP contribution in [0.4, 0.5) is 0 Å². The summed E-state index contributed by atoms with van der Waals surface area (Å²) in [5.74, 6) is 0.465. The lowest BCUT2D eigenvalue weighted by Gasteiger charge is -2.17. The molecule has 0 fully saturated rings. The van der Waals surface area contributed by atoms with Crippen LogP contribution in [0.5, 0.6) is 5.75 Å². The van der Waals surface area contributed by atoms with E-state index in [0.29, 0.717) is 17.0 Å². The third kappa shape index (κ3) is 5.29. The fourth-order valence-electron chi connectivity index (χ4n) is 3.95. The van der Waals surface area contributed by atoms with E-state index >= 15 is 0 Å². The molecule has 4 aromatic rings. The van der Waals surface area contributed by atoms with Crippen LogP contribution in [-0.4, -0.2) is 36.1 Å². The Bertz CT molecular complexity index is 1610. The SMILES string of the molecule is COc1cccc(-n2c(=O)c(Cc3ccccc3S(C)(=O)=O)nn(CC(N)c3ccccc3)c2=O)c1. The van der Waals surface area contributed by atoms with E-state index in [1.54, 1.807) is 42.5 Å². The highest BCUT2D eigenvalue weighted by Gasteiger charge is 2.20. The lowest BCUT2D eigenvalue weighted by atomic mass is 10.1. The van der Waals surface area contributed by atoms with Crippen LogP contribution in [0.25, 0.3) is 5.69 Å². The number of hydrogen-bond acceptors (Lipinski definition) is 7. The lowest BCUT2D eigenvalue weighted by molar-refractivity contribution is 0.414. The first-order valence-corrected chi connectivity index (χ1v) is 13.0. The zero-order valence-corrected chi connectivity index (χ0v) is 20.7. The zero-order valence-electron chi connectivity index (χ0n) is 19.9. The van der Waals surface area contributed by atoms with Crippen molar-refractivity contribution < 1.29 is 13.2 Å². The summed E-state index contributed by atoms with van der Waals surface area (Å²) >= 11 is 0. The summed E-state index contributed by atoms with van der Waals surface area (Å²) < 4.78 is 32.1. The van der Waals surface area contributed by atoms with Crippen LogP contribution in [0.2, 0.25) is 0 Å². The number of methoxy groups -OCH3 is 1. The summed E-state index contributed by atoms with van der Waals surface area (Å²) in [4.78, 5) is 27.1. The molecular formula is C26H26N4O5S. The molecule has 1 atom stereocenters. The van der Waals surface area contributed by atoms with Gasteiger partial charge in [0.2, 0.25) is 0 Å². The number of aromatic nitrogens is 3. The van der Waals surface area contributed by atoms with Crippen LogP contribution < -0.4 is 21.7 Å². The minimum absolute atomic E-state index is 0.00776. The van der Waals surface area contributed by atoms with E-state index in [2.05, 4.69) is 5.10 Å². The minimum Gasteiger partial charge on any atom is -0.497 e. The van der Waals surface area contributed by atoms with Crippen molar-refractivity contribution in [1.82, 2.24) is 14.3 Å². The number of benzene rings is 3. The highest BCUT2D eigenvalue weighted by atomic mass is 32.2. The van der Waals surface area contributed by atoms with Crippen LogP contribution in [-0.2, 0) is 22.8 Å². The van der Waals surface area contributed by atoms with Crippen LogP contribution in [0.15, 0.2) is 93.3 Å². The van der Waals surface area contributed by atoms with Crippen molar-refractivity contribution in [2.24, 2.45) is 5.73 Å². The topological polar surface area (TPSA) is 126 Å². The average molecular weight is 507 g/mol. The molecule has 10 heteroatoms. The zero-order chi connectivity index (χ0) is 25.9. The molecule has 1 aromatic heterocycles. The summed E-state index contributed by atoms with van der Waals surface area (Å²) in [7, 11) is -2.07. The van der Waals surface area contributed by atoms with E-state index in [4.69, 9.17) is 10.5 Å². The van der Waals surface area contributed by atoms with Crippen LogP contribution in [0.1, 0.15) is 22.9 Å². The summed E-state index contributed by atoms with van der Waals surface area (Å²) in [6.07, 6.45) is 1.01. The smallest absolute Gasteiger partial charge is 0.352 e. The van der Waals surface area contributed by atoms with Crippen molar-refractivity contribution in [2.45, 2.75) is 23.9 Å². The highest BCUT2D eigenvalue weighted by molar-refractivity contribution is 7.90. The fraction of sp³-hybridized carbons (Fsp3) is 0.192. The van der Waals surface area contributed by atoms with Crippen LogP contribution in [0, 0.1) is 0 Å². The first kappa shape index (κ1) is 25.1. The Balaban J connectivity index is 1.89. The van der Waals surface area contributed by atoms with Crippen molar-refractivity contribution in [3.8, 4) is 11.4 Å². The summed E-state index contributed by atoms with van der Waals surface area (Å²) in [6.45, 7) is 0.00776. The van der Waals surface area contributed by atoms with Gasteiger partial charge in [0, 0.05) is 24.8 Å². The van der Waals surface area contributed by atoms with Crippen molar-refractivity contribution in [1.29, 1.82) is 0 Å². The number of nitrogens with zero attached hydrogens (tertiary/aromatic N) is 3. The van der Waals surface area contributed by atoms with Gasteiger partial charge < -0.3 is 10.5 Å². The van der Waals surface area contributed by atoms with Gasteiger partial charge in [0.25, 0.3) is 5.56 Å². The van der Waals surface area contributed by atoms with Gasteiger partial charge in [-0.1, -0.05) is 54.6 Å². The van der Waals surface area contributed by atoms with Gasteiger partial charge in [0.05, 0.1) is 24.2 Å². The molecule has 3 aromatic carbocycles. The lowest BCUT2D eigenvalue weighted by Crippen LogP contribution is -2.44. The van der Waals surface area contributed by atoms with Gasteiger partial charge in [-0.05, 0) is 29.3 Å². The Kier molecular flexibility index (Phi) is 7.18. The number of rotatable bonds is 8. The Morgan fingerprint density at radius 2 is 1.67 bits per heavy atom. The van der Waals surface area contributed by atoms with Gasteiger partial charge in [-0.3, -0.25) is 4.79 Å². The summed E-state index contributed by atoms with van der Waals surface area (Å²) in [5.41, 5.74) is 6.56. The molecule has 9 nitrogen and oxygen atoms in total. The molecule has 0 amide bonds. The van der Waals surface area contributed by atoms with Crippen molar-refractivity contribution >= 4 is 9.84 Å². The quantitative estimate of drug-likeness (QED) is 0.388. The number of nitrogens with two attached hydrogens (primary N) is 1. The molecule has 0 bridgehead atoms. The van der Waals surface area contributed by atoms with E-state index < -0.39 is 27.1 Å². The van der Waals surface area contributed by atoms with Gasteiger partial charge in [-0.25, -0.2) is 22.5 Å². The van der Waals surface area contributed by atoms with Crippen molar-refractivity contribution in [3.05, 3.63) is 117 Å². The van der Waals surface area contributed by atoms with Crippen LogP contribution in [0.3, 0.4) is 0 Å². The fourth-order valence-corrected chi connectivity index (χ4v) is 4.90. The van der Waals surface area contributed by atoms with Crippen molar-refractivity contribution in [3.63, 3.8) is 0 Å². The Morgan fingerprint density at radius 1 is 0.972 bits per heavy atom. The molecule has 0 saturated heterocycles. The van der Waals surface area contributed by atoms with Gasteiger partial charge in [-0.15, -0.1) is 0 Å². The first-order chi connectivity index (χ1) is 17.2. The molecular weight excluding hydrogens is 480 g/mol. The predicted octanol–water partition coefficient (Wildman–Crippen LogP) is 2.10. The maximum Gasteiger partial charge on any atom is 0.352 e. The Hall–Kier alpha value is -4.02. The standard InChI is InChI=1S/C26H26N4O5S/c1-35-21-13-8-12-20(16-21)30-25(31)23(15-19-11-6-7-14-24(19)36(2,33)34)28-29(26(30)32)17-22(27)18-9-4-3-5-10-18/h3-14,16,22H,15,17,27H2,1-2H3. The summed E-state index contributed by atoms with van der Waals surface area (Å²) in [6, 6.07) is 21.6. The van der Waals surface area contributed by atoms with E-state index in [1.165, 1.54) is 13.2 Å². The minimum atomic E-state index is -3.55. The average Bonchev–Trinajstić information content (AvgIpc) is 2.87. The molecule has 1 unspecified atom stereocenters. The van der Waals surface area contributed by atoms with Gasteiger partial charge in [0.1, 0.15) is 11.4 Å². The largest absolute Gasteiger partial charge is 0.497 e. The monoisotopic (exact) mass is 506 g/mol. The van der Waals surface area contributed by atoms with E-state index in [0.717, 1.165) is 21.1 Å². The molecule has 1 heterocycles. The molecule has 186 valence electrons. The van der Waals surface area contributed by atoms with Crippen LogP contribution >= 0.6 is 0 Å². The molecule has 0 aliphatic rings. The highest BCUT2D eigenvalue weighted by Crippen LogP contribution is 2.18. The molecule has 0 aliphatic heterocycles. The molecule has 36 heavy (non-hydrogen) atoms. The van der Waals surface area contributed by atoms with Gasteiger partial charge in [-0.2, -0.15) is 5.10 Å². The number of ether oxygens (including phenoxy) is 1. The van der Waals surface area contributed by atoms with E-state index in [-0.39, 0.29) is 23.6 Å². The summed E-state index contributed by atoms with van der Waals surface area (Å²) in [5, 5.41) is 4.35. The molecule has 0 saturated carbocycles. The molecule has 0 spiro atoms. The number of hydrogen-bond donors (Lipinski definition) is 1. The third-order valence-corrected chi connectivity index (χ3v) is 6.94. The van der Waals surface area contributed by atoms with Gasteiger partial charge >= 0.3 is 5.69 Å². The second-order valence-electron chi connectivity index (χ2n) is 8.33. The maximum absolute atomic E-state index is 13.5. The second kappa shape index (κ2) is 10.3. The Labute approximate surface area is 208 Å². The first-order valence-electron chi connectivity index (χ1n) is 11.1. The third-order valence-electron chi connectivity index (χ3n) is 5.74. The number of sulfone groups is 1. The second-order valence-corrected chi connectivity index (χ2v) is 10.3.